The molecule has 0 radical (unpaired) electrons. The lowest BCUT2D eigenvalue weighted by atomic mass is 10.5. The van der Waals surface area contributed by atoms with Crippen LogP contribution >= 0.6 is 11.6 Å². The summed E-state index contributed by atoms with van der Waals surface area (Å²) in [5.74, 6) is 0.621. The minimum absolute atomic E-state index is 0.00937. The Morgan fingerprint density at radius 3 is 2.75 bits per heavy atom. The fourth-order valence-corrected chi connectivity index (χ4v) is 0.433. The van der Waals surface area contributed by atoms with E-state index in [9.17, 15) is 0 Å². The molecule has 0 aliphatic rings. The number of alkyl halides is 1. The van der Waals surface area contributed by atoms with Gasteiger partial charge in [-0.1, -0.05) is 0 Å². The smallest absolute Gasteiger partial charge is 0.176 e. The zero-order valence-electron chi connectivity index (χ0n) is 4.65. The van der Waals surface area contributed by atoms with E-state index >= 15 is 0 Å². The number of aliphatic hydroxyl groups excluding tert-OH is 1. The molecule has 0 rings (SSSR count). The first kappa shape index (κ1) is 7.63. The molecule has 0 heterocycles. The number of rotatable bonds is 4. The maximum absolute atomic E-state index is 8.43. The van der Waals surface area contributed by atoms with Crippen molar-refractivity contribution in [2.24, 2.45) is 0 Å². The molecule has 0 aliphatic heterocycles. The van der Waals surface area contributed by atoms with Crippen LogP contribution in [0.1, 0.15) is 6.42 Å². The van der Waals surface area contributed by atoms with Crippen molar-refractivity contribution >= 4 is 11.6 Å². The summed E-state index contributed by atoms with van der Waals surface area (Å²) >= 11 is 5.33. The Morgan fingerprint density at radius 2 is 2.38 bits per heavy atom. The van der Waals surface area contributed by atoms with Gasteiger partial charge in [-0.25, -0.2) is 0 Å². The van der Waals surface area contributed by atoms with Crippen LogP contribution in [0.3, 0.4) is 0 Å². The van der Waals surface area contributed by atoms with Crippen LogP contribution in [0.4, 0.5) is 0 Å². The Morgan fingerprint density at radius 1 is 1.75 bits per heavy atom. The van der Waals surface area contributed by atoms with E-state index in [0.717, 1.165) is 6.42 Å². The average Bonchev–Trinajstić information content (AvgIpc) is 1.66. The van der Waals surface area contributed by atoms with Gasteiger partial charge in [-0.2, -0.15) is 0 Å². The quantitative estimate of drug-likeness (QED) is 0.345. The lowest BCUT2D eigenvalue weighted by molar-refractivity contribution is 0.367. The van der Waals surface area contributed by atoms with Gasteiger partial charge in [0.25, 0.3) is 0 Å². The monoisotopic (exact) mass is 135 g/mol. The van der Waals surface area contributed by atoms with Crippen LogP contribution in [-0.2, 0) is 0 Å². The summed E-state index contributed by atoms with van der Waals surface area (Å²) in [6.07, 6.45) is 0.848. The van der Waals surface area contributed by atoms with Crippen molar-refractivity contribution in [2.45, 2.75) is 6.42 Å². The Balaban J connectivity index is 2.82. The van der Waals surface area contributed by atoms with Gasteiger partial charge in [0.2, 0.25) is 0 Å². The van der Waals surface area contributed by atoms with Crippen LogP contribution in [0.25, 0.3) is 0 Å². The molecule has 0 unspecified atom stereocenters. The standard InChI is InChI=1S/C5H10ClNO/c1-5(8)7-4-2-3-6/h7-8H,1-4H2. The number of halogens is 1. The van der Waals surface area contributed by atoms with Crippen LogP contribution < -0.4 is 5.32 Å². The molecule has 0 aromatic heterocycles. The van der Waals surface area contributed by atoms with Crippen LogP contribution in [0.2, 0.25) is 0 Å². The zero-order chi connectivity index (χ0) is 6.41. The molecule has 0 bridgehead atoms. The first-order chi connectivity index (χ1) is 3.77. The third kappa shape index (κ3) is 5.63. The fourth-order valence-electron chi connectivity index (χ4n) is 0.299. The van der Waals surface area contributed by atoms with E-state index in [2.05, 4.69) is 11.9 Å². The summed E-state index contributed by atoms with van der Waals surface area (Å²) in [7, 11) is 0. The summed E-state index contributed by atoms with van der Waals surface area (Å²) < 4.78 is 0. The second kappa shape index (κ2) is 4.78. The van der Waals surface area contributed by atoms with Gasteiger partial charge in [0.15, 0.2) is 5.88 Å². The molecule has 0 spiro atoms. The van der Waals surface area contributed by atoms with Gasteiger partial charge in [-0.15, -0.1) is 11.6 Å². The van der Waals surface area contributed by atoms with Gasteiger partial charge in [-0.3, -0.25) is 0 Å². The van der Waals surface area contributed by atoms with E-state index < -0.39 is 0 Å². The van der Waals surface area contributed by atoms with Crippen molar-refractivity contribution in [1.82, 2.24) is 5.32 Å². The van der Waals surface area contributed by atoms with Gasteiger partial charge in [-0.05, 0) is 13.0 Å². The Kier molecular flexibility index (Phi) is 4.56. The molecule has 2 N–H and O–H groups in total. The molecule has 0 saturated carbocycles. The highest BCUT2D eigenvalue weighted by molar-refractivity contribution is 6.17. The highest BCUT2D eigenvalue weighted by Gasteiger charge is 1.83. The molecule has 0 aromatic rings. The largest absolute Gasteiger partial charge is 0.495 e. The zero-order valence-corrected chi connectivity index (χ0v) is 5.41. The van der Waals surface area contributed by atoms with Gasteiger partial charge in [0, 0.05) is 12.4 Å². The van der Waals surface area contributed by atoms with Gasteiger partial charge in [0.1, 0.15) is 0 Å². The summed E-state index contributed by atoms with van der Waals surface area (Å²) in [6, 6.07) is 0. The lowest BCUT2D eigenvalue weighted by Crippen LogP contribution is -2.13. The van der Waals surface area contributed by atoms with E-state index in [4.69, 9.17) is 16.7 Å². The van der Waals surface area contributed by atoms with Crippen molar-refractivity contribution in [1.29, 1.82) is 0 Å². The molecule has 0 aliphatic carbocycles. The van der Waals surface area contributed by atoms with E-state index in [1.54, 1.807) is 0 Å². The molecule has 3 heteroatoms. The van der Waals surface area contributed by atoms with E-state index in [-0.39, 0.29) is 5.88 Å². The van der Waals surface area contributed by atoms with E-state index in [1.165, 1.54) is 0 Å². The summed E-state index contributed by atoms with van der Waals surface area (Å²) in [5.41, 5.74) is 0. The number of hydrogen-bond donors (Lipinski definition) is 2. The Bertz CT molecular complexity index is 74.8. The van der Waals surface area contributed by atoms with E-state index in [1.807, 2.05) is 0 Å². The second-order valence-corrected chi connectivity index (χ2v) is 1.79. The van der Waals surface area contributed by atoms with Crippen molar-refractivity contribution in [3.63, 3.8) is 0 Å². The molecular formula is C5H10ClNO. The molecule has 8 heavy (non-hydrogen) atoms. The van der Waals surface area contributed by atoms with Crippen molar-refractivity contribution in [3.05, 3.63) is 12.5 Å². The fraction of sp³-hybridized carbons (Fsp3) is 0.600. The van der Waals surface area contributed by atoms with Crippen LogP contribution in [0, 0.1) is 0 Å². The third-order valence-corrected chi connectivity index (χ3v) is 0.907. The first-order valence-corrected chi connectivity index (χ1v) is 2.98. The molecular weight excluding hydrogens is 126 g/mol. The van der Waals surface area contributed by atoms with Crippen molar-refractivity contribution in [2.75, 3.05) is 12.4 Å². The Hall–Kier alpha value is -0.370. The Labute approximate surface area is 54.2 Å². The summed E-state index contributed by atoms with van der Waals surface area (Å²) in [4.78, 5) is 0. The molecule has 2 nitrogen and oxygen atoms in total. The lowest BCUT2D eigenvalue weighted by Gasteiger charge is -1.98. The normalized spacial score (nSPS) is 8.62. The molecule has 0 amide bonds. The third-order valence-electron chi connectivity index (χ3n) is 0.639. The van der Waals surface area contributed by atoms with Crippen LogP contribution in [0.5, 0.6) is 0 Å². The first-order valence-electron chi connectivity index (χ1n) is 2.45. The highest BCUT2D eigenvalue weighted by Crippen LogP contribution is 1.81. The van der Waals surface area contributed by atoms with Crippen molar-refractivity contribution in [3.8, 4) is 0 Å². The summed E-state index contributed by atoms with van der Waals surface area (Å²) in [5, 5.41) is 11.1. The topological polar surface area (TPSA) is 32.3 Å². The number of aliphatic hydroxyl groups is 1. The summed E-state index contributed by atoms with van der Waals surface area (Å²) in [6.45, 7) is 3.92. The molecule has 0 aromatic carbocycles. The predicted octanol–water partition coefficient (Wildman–Crippen LogP) is 1.23. The van der Waals surface area contributed by atoms with Gasteiger partial charge >= 0.3 is 0 Å². The van der Waals surface area contributed by atoms with Crippen molar-refractivity contribution < 1.29 is 5.11 Å². The van der Waals surface area contributed by atoms with E-state index in [0.29, 0.717) is 12.4 Å². The highest BCUT2D eigenvalue weighted by atomic mass is 35.5. The molecule has 0 atom stereocenters. The maximum Gasteiger partial charge on any atom is 0.176 e. The van der Waals surface area contributed by atoms with Gasteiger partial charge < -0.3 is 10.4 Å². The molecule has 0 saturated heterocycles. The van der Waals surface area contributed by atoms with Crippen LogP contribution in [0.15, 0.2) is 12.5 Å². The number of hydrogen-bond acceptors (Lipinski definition) is 2. The minimum atomic E-state index is 0.00937. The maximum atomic E-state index is 8.43. The van der Waals surface area contributed by atoms with Crippen LogP contribution in [-0.4, -0.2) is 17.5 Å². The number of nitrogens with one attached hydrogen (secondary N) is 1. The molecule has 0 fully saturated rings. The predicted molar refractivity (Wildman–Crippen MR) is 35.1 cm³/mol. The second-order valence-electron chi connectivity index (χ2n) is 1.42. The minimum Gasteiger partial charge on any atom is -0.495 e. The van der Waals surface area contributed by atoms with Gasteiger partial charge in [0.05, 0.1) is 0 Å². The average molecular weight is 136 g/mol. The SMILES string of the molecule is C=C(O)NCCCCl. The molecule has 48 valence electrons.